The second-order valence-electron chi connectivity index (χ2n) is 14.6. The molecule has 0 bridgehead atoms. The van der Waals surface area contributed by atoms with E-state index in [1.165, 1.54) is 70.6 Å². The summed E-state index contributed by atoms with van der Waals surface area (Å²) in [5, 5.41) is 6.47. The van der Waals surface area contributed by atoms with E-state index in [0.717, 1.165) is 76.8 Å². The molecule has 1 rings (SSSR count). The minimum absolute atomic E-state index is 0.0286. The summed E-state index contributed by atoms with van der Waals surface area (Å²) in [7, 11) is 2.12. The molecule has 1 aliphatic heterocycles. The Morgan fingerprint density at radius 1 is 0.723 bits per heavy atom. The van der Waals surface area contributed by atoms with Crippen molar-refractivity contribution in [1.29, 1.82) is 0 Å². The predicted octanol–water partition coefficient (Wildman–Crippen LogP) is 9.07. The van der Waals surface area contributed by atoms with Gasteiger partial charge in [0.1, 0.15) is 6.04 Å². The van der Waals surface area contributed by atoms with E-state index in [4.69, 9.17) is 4.74 Å². The summed E-state index contributed by atoms with van der Waals surface area (Å²) in [6.07, 6.45) is 23.7. The predicted molar refractivity (Wildman–Crippen MR) is 201 cm³/mol. The maximum atomic E-state index is 13.7. The average molecular weight is 682 g/mol. The third-order valence-electron chi connectivity index (χ3n) is 9.57. The molecule has 8 heteroatoms. The number of hydrogen-bond acceptors (Lipinski definition) is 6. The third-order valence-corrected chi connectivity index (χ3v) is 10.6. The van der Waals surface area contributed by atoms with Crippen LogP contribution >= 0.6 is 11.8 Å². The van der Waals surface area contributed by atoms with E-state index in [0.29, 0.717) is 31.0 Å². The number of unbranched alkanes of at least 4 members (excludes halogenated alkanes) is 12. The highest BCUT2D eigenvalue weighted by Crippen LogP contribution is 2.20. The summed E-state index contributed by atoms with van der Waals surface area (Å²) in [4.78, 5) is 41.7. The minimum atomic E-state index is -0.537. The molecule has 2 amide bonds. The van der Waals surface area contributed by atoms with E-state index >= 15 is 0 Å². The van der Waals surface area contributed by atoms with E-state index in [-0.39, 0.29) is 29.7 Å². The second-order valence-corrected chi connectivity index (χ2v) is 15.8. The van der Waals surface area contributed by atoms with Gasteiger partial charge in [0.15, 0.2) is 0 Å². The van der Waals surface area contributed by atoms with Crippen molar-refractivity contribution in [3.8, 4) is 0 Å². The van der Waals surface area contributed by atoms with Crippen LogP contribution in [0.1, 0.15) is 169 Å². The van der Waals surface area contributed by atoms with Crippen LogP contribution < -0.4 is 10.6 Å². The Hall–Kier alpha value is -1.28. The molecule has 7 nitrogen and oxygen atoms in total. The first-order valence-electron chi connectivity index (χ1n) is 19.8. The molecule has 0 aromatic carbocycles. The second kappa shape index (κ2) is 29.6. The van der Waals surface area contributed by atoms with E-state index in [1.807, 2.05) is 0 Å². The minimum Gasteiger partial charge on any atom is -0.466 e. The van der Waals surface area contributed by atoms with Crippen molar-refractivity contribution in [2.75, 3.05) is 38.2 Å². The van der Waals surface area contributed by atoms with Crippen LogP contribution in [0.15, 0.2) is 0 Å². The number of ether oxygens (including phenoxy) is 1. The highest BCUT2D eigenvalue weighted by Gasteiger charge is 2.27. The first kappa shape index (κ1) is 43.7. The van der Waals surface area contributed by atoms with Crippen LogP contribution in [0.3, 0.4) is 0 Å². The highest BCUT2D eigenvalue weighted by molar-refractivity contribution is 7.99. The molecule has 47 heavy (non-hydrogen) atoms. The summed E-state index contributed by atoms with van der Waals surface area (Å²) < 4.78 is 5.45. The summed E-state index contributed by atoms with van der Waals surface area (Å²) in [5.74, 6) is 1.99. The van der Waals surface area contributed by atoms with Gasteiger partial charge in [0, 0.05) is 17.7 Å². The van der Waals surface area contributed by atoms with E-state index < -0.39 is 6.04 Å². The lowest BCUT2D eigenvalue weighted by atomic mass is 9.93. The molecule has 0 aromatic heterocycles. The number of nitrogens with one attached hydrogen (secondary N) is 2. The first-order chi connectivity index (χ1) is 22.8. The number of rotatable bonds is 30. The Labute approximate surface area is 294 Å². The smallest absolute Gasteiger partial charge is 0.306 e. The quantitative estimate of drug-likeness (QED) is 0.0581. The van der Waals surface area contributed by atoms with Crippen LogP contribution in [0.25, 0.3) is 0 Å². The molecular formula is C39H75N3O4S. The Kier molecular flexibility index (Phi) is 27.6. The van der Waals surface area contributed by atoms with Gasteiger partial charge >= 0.3 is 5.97 Å². The first-order valence-corrected chi connectivity index (χ1v) is 20.9. The molecule has 0 spiro atoms. The van der Waals surface area contributed by atoms with Gasteiger partial charge in [-0.3, -0.25) is 14.4 Å². The molecule has 1 saturated heterocycles. The number of carbonyl (C=O) groups excluding carboxylic acids is 3. The third kappa shape index (κ3) is 24.5. The zero-order chi connectivity index (χ0) is 34.5. The standard InChI is InChI=1S/C39H75N3O4S/c1-6-8-10-12-15-19-23-34(22-18-11-9-7-2)38(44)41-36(39(45)40-35-24-28-42(5)29-25-35)26-31-47-32-27-37(43)46-30-20-16-13-14-17-21-33(3)4/h33-36H,6-32H2,1-5H3,(H,40,45)(H,41,44). The number of hydrogen-bond donors (Lipinski definition) is 2. The SMILES string of the molecule is CCCCCCCCC(CCCCCC)C(=O)NC(CCSCCC(=O)OCCCCCCCC(C)C)C(=O)NC1CCN(C)CC1. The van der Waals surface area contributed by atoms with Crippen LogP contribution in [-0.2, 0) is 19.1 Å². The summed E-state index contributed by atoms with van der Waals surface area (Å²) in [5.41, 5.74) is 0. The molecule has 0 saturated carbocycles. The molecule has 2 unspecified atom stereocenters. The van der Waals surface area contributed by atoms with Crippen molar-refractivity contribution in [3.63, 3.8) is 0 Å². The summed E-state index contributed by atoms with van der Waals surface area (Å²) in [6.45, 7) is 11.5. The molecule has 0 radical (unpaired) electrons. The van der Waals surface area contributed by atoms with Gasteiger partial charge in [-0.15, -0.1) is 0 Å². The molecule has 2 N–H and O–H groups in total. The fraction of sp³-hybridized carbons (Fsp3) is 0.923. The number of thioether (sulfide) groups is 1. The molecule has 276 valence electrons. The van der Waals surface area contributed by atoms with Crippen LogP contribution in [0.5, 0.6) is 0 Å². The zero-order valence-electron chi connectivity index (χ0n) is 31.4. The van der Waals surface area contributed by atoms with Crippen molar-refractivity contribution in [3.05, 3.63) is 0 Å². The Balaban J connectivity index is 2.57. The zero-order valence-corrected chi connectivity index (χ0v) is 32.2. The largest absolute Gasteiger partial charge is 0.466 e. The van der Waals surface area contributed by atoms with Gasteiger partial charge in [0.25, 0.3) is 0 Å². The lowest BCUT2D eigenvalue weighted by molar-refractivity contribution is -0.143. The van der Waals surface area contributed by atoms with E-state index in [9.17, 15) is 14.4 Å². The molecule has 1 heterocycles. The van der Waals surface area contributed by atoms with E-state index in [1.54, 1.807) is 11.8 Å². The van der Waals surface area contributed by atoms with Crippen molar-refractivity contribution >= 4 is 29.5 Å². The molecule has 1 aliphatic rings. The summed E-state index contributed by atoms with van der Waals surface area (Å²) >= 11 is 1.67. The molecule has 2 atom stereocenters. The Morgan fingerprint density at radius 3 is 1.89 bits per heavy atom. The fourth-order valence-corrected chi connectivity index (χ4v) is 7.23. The normalized spacial score (nSPS) is 15.4. The van der Waals surface area contributed by atoms with Crippen molar-refractivity contribution in [1.82, 2.24) is 15.5 Å². The van der Waals surface area contributed by atoms with Gasteiger partial charge in [0.05, 0.1) is 13.0 Å². The van der Waals surface area contributed by atoms with Crippen LogP contribution in [0.2, 0.25) is 0 Å². The van der Waals surface area contributed by atoms with Gasteiger partial charge in [-0.05, 0) is 70.3 Å². The number of nitrogens with zero attached hydrogens (tertiary/aromatic N) is 1. The number of piperidine rings is 1. The lowest BCUT2D eigenvalue weighted by Crippen LogP contribution is -2.53. The lowest BCUT2D eigenvalue weighted by Gasteiger charge is -2.31. The van der Waals surface area contributed by atoms with Gasteiger partial charge in [-0.2, -0.15) is 11.8 Å². The number of amides is 2. The molecule has 0 aliphatic carbocycles. The van der Waals surface area contributed by atoms with Gasteiger partial charge < -0.3 is 20.3 Å². The van der Waals surface area contributed by atoms with Crippen molar-refractivity contribution in [2.45, 2.75) is 181 Å². The molecule has 1 fully saturated rings. The van der Waals surface area contributed by atoms with Crippen molar-refractivity contribution in [2.24, 2.45) is 11.8 Å². The van der Waals surface area contributed by atoms with E-state index in [2.05, 4.69) is 50.3 Å². The number of likely N-dealkylation sites (tertiary alicyclic amines) is 1. The van der Waals surface area contributed by atoms with Crippen LogP contribution in [0.4, 0.5) is 0 Å². The van der Waals surface area contributed by atoms with Crippen LogP contribution in [-0.4, -0.2) is 73.0 Å². The number of esters is 1. The molecular weight excluding hydrogens is 607 g/mol. The maximum Gasteiger partial charge on any atom is 0.306 e. The maximum absolute atomic E-state index is 13.7. The van der Waals surface area contributed by atoms with Gasteiger partial charge in [0.2, 0.25) is 11.8 Å². The van der Waals surface area contributed by atoms with Crippen molar-refractivity contribution < 1.29 is 19.1 Å². The topological polar surface area (TPSA) is 87.7 Å². The van der Waals surface area contributed by atoms with Crippen LogP contribution in [0, 0.1) is 11.8 Å². The molecule has 0 aromatic rings. The fourth-order valence-electron chi connectivity index (χ4n) is 6.31. The van der Waals surface area contributed by atoms with Gasteiger partial charge in [-0.25, -0.2) is 0 Å². The Morgan fingerprint density at radius 2 is 1.28 bits per heavy atom. The van der Waals surface area contributed by atoms with Gasteiger partial charge in [-0.1, -0.05) is 124 Å². The monoisotopic (exact) mass is 682 g/mol. The summed E-state index contributed by atoms with van der Waals surface area (Å²) in [6, 6.07) is -0.377. The highest BCUT2D eigenvalue weighted by atomic mass is 32.2. The average Bonchev–Trinajstić information content (AvgIpc) is 3.04. The number of carbonyl (C=O) groups is 3. The Bertz CT molecular complexity index is 788.